The predicted octanol–water partition coefficient (Wildman–Crippen LogP) is 1.52. The third kappa shape index (κ3) is 3.58. The summed E-state index contributed by atoms with van der Waals surface area (Å²) >= 11 is 11.5. The van der Waals surface area contributed by atoms with Crippen LogP contribution in [0.5, 0.6) is 0 Å². The minimum Gasteiger partial charge on any atom is -0.348 e. The molecule has 0 spiro atoms. The van der Waals surface area contributed by atoms with E-state index in [1.54, 1.807) is 4.90 Å². The van der Waals surface area contributed by atoms with Crippen LogP contribution in [0, 0.1) is 0 Å². The second kappa shape index (κ2) is 6.37. The van der Waals surface area contributed by atoms with E-state index in [0.717, 1.165) is 13.0 Å². The monoisotopic (exact) mass is 316 g/mol. The fraction of sp³-hybridized carbons (Fsp3) is 0.500. The molecular formula is C12H14Cl2N4O2. The molecule has 0 aliphatic carbocycles. The van der Waals surface area contributed by atoms with Gasteiger partial charge in [-0.3, -0.25) is 9.59 Å². The molecule has 1 fully saturated rings. The molecule has 0 aromatic carbocycles. The molecule has 0 bridgehead atoms. The van der Waals surface area contributed by atoms with Gasteiger partial charge in [-0.1, -0.05) is 23.2 Å². The third-order valence-corrected chi connectivity index (χ3v) is 3.47. The lowest BCUT2D eigenvalue weighted by molar-refractivity contribution is -0.127. The fourth-order valence-electron chi connectivity index (χ4n) is 2.09. The first-order valence-electron chi connectivity index (χ1n) is 6.24. The SMILES string of the molecule is CC(CN1CCCC1=O)NC(=O)c1cc(Cl)nnc1Cl. The number of hydrogen-bond donors (Lipinski definition) is 1. The van der Waals surface area contributed by atoms with Gasteiger partial charge in [0.25, 0.3) is 5.91 Å². The van der Waals surface area contributed by atoms with Gasteiger partial charge in [0, 0.05) is 25.6 Å². The molecule has 1 aliphatic heterocycles. The Morgan fingerprint density at radius 2 is 2.25 bits per heavy atom. The molecule has 1 aliphatic rings. The summed E-state index contributed by atoms with van der Waals surface area (Å²) in [6.07, 6.45) is 1.45. The van der Waals surface area contributed by atoms with Gasteiger partial charge in [0.1, 0.15) is 0 Å². The van der Waals surface area contributed by atoms with Gasteiger partial charge >= 0.3 is 0 Å². The van der Waals surface area contributed by atoms with Gasteiger partial charge in [-0.05, 0) is 19.4 Å². The number of aromatic nitrogens is 2. The lowest BCUT2D eigenvalue weighted by Gasteiger charge is -2.21. The van der Waals surface area contributed by atoms with E-state index in [1.165, 1.54) is 6.07 Å². The van der Waals surface area contributed by atoms with E-state index in [1.807, 2.05) is 6.92 Å². The molecule has 6 nitrogen and oxygen atoms in total. The van der Waals surface area contributed by atoms with Crippen LogP contribution in [0.3, 0.4) is 0 Å². The van der Waals surface area contributed by atoms with Crippen molar-refractivity contribution >= 4 is 35.0 Å². The van der Waals surface area contributed by atoms with Crippen molar-refractivity contribution in [1.29, 1.82) is 0 Å². The summed E-state index contributed by atoms with van der Waals surface area (Å²) < 4.78 is 0. The Morgan fingerprint density at radius 3 is 2.90 bits per heavy atom. The summed E-state index contributed by atoms with van der Waals surface area (Å²) in [6, 6.07) is 1.17. The second-order valence-electron chi connectivity index (χ2n) is 4.69. The van der Waals surface area contributed by atoms with E-state index in [9.17, 15) is 9.59 Å². The molecule has 1 N–H and O–H groups in total. The average Bonchev–Trinajstić information content (AvgIpc) is 2.77. The van der Waals surface area contributed by atoms with E-state index in [-0.39, 0.29) is 33.7 Å². The second-order valence-corrected chi connectivity index (χ2v) is 5.43. The van der Waals surface area contributed by atoms with Crippen LogP contribution in [0.25, 0.3) is 0 Å². The zero-order valence-electron chi connectivity index (χ0n) is 10.9. The Balaban J connectivity index is 1.96. The van der Waals surface area contributed by atoms with Crippen molar-refractivity contribution in [2.45, 2.75) is 25.8 Å². The topological polar surface area (TPSA) is 75.2 Å². The molecule has 1 unspecified atom stereocenters. The van der Waals surface area contributed by atoms with Crippen molar-refractivity contribution < 1.29 is 9.59 Å². The van der Waals surface area contributed by atoms with Crippen LogP contribution in [-0.2, 0) is 4.79 Å². The zero-order valence-corrected chi connectivity index (χ0v) is 12.4. The first-order chi connectivity index (χ1) is 9.47. The molecular weight excluding hydrogens is 303 g/mol. The molecule has 2 heterocycles. The van der Waals surface area contributed by atoms with Gasteiger partial charge in [-0.2, -0.15) is 0 Å². The van der Waals surface area contributed by atoms with Crippen LogP contribution in [0.4, 0.5) is 0 Å². The van der Waals surface area contributed by atoms with Crippen molar-refractivity contribution in [1.82, 2.24) is 20.4 Å². The van der Waals surface area contributed by atoms with E-state index < -0.39 is 0 Å². The van der Waals surface area contributed by atoms with Crippen LogP contribution in [0.15, 0.2) is 6.07 Å². The molecule has 0 radical (unpaired) electrons. The highest BCUT2D eigenvalue weighted by Gasteiger charge is 2.23. The number of nitrogens with one attached hydrogen (secondary N) is 1. The number of carbonyl (C=O) groups excluding carboxylic acids is 2. The lowest BCUT2D eigenvalue weighted by Crippen LogP contribution is -2.42. The number of likely N-dealkylation sites (tertiary alicyclic amines) is 1. The highest BCUT2D eigenvalue weighted by Crippen LogP contribution is 2.15. The van der Waals surface area contributed by atoms with Gasteiger partial charge in [0.15, 0.2) is 10.3 Å². The van der Waals surface area contributed by atoms with Crippen molar-refractivity contribution in [2.24, 2.45) is 0 Å². The summed E-state index contributed by atoms with van der Waals surface area (Å²) in [5.74, 6) is -0.260. The Hall–Kier alpha value is -1.40. The number of halogens is 2. The number of nitrogens with zero attached hydrogens (tertiary/aromatic N) is 3. The number of rotatable bonds is 4. The molecule has 0 saturated carbocycles. The van der Waals surface area contributed by atoms with Gasteiger partial charge in [0.05, 0.1) is 5.56 Å². The molecule has 1 aromatic rings. The number of amides is 2. The molecule has 1 saturated heterocycles. The highest BCUT2D eigenvalue weighted by molar-refractivity contribution is 6.34. The number of carbonyl (C=O) groups is 2. The Morgan fingerprint density at radius 1 is 1.50 bits per heavy atom. The van der Waals surface area contributed by atoms with Crippen LogP contribution in [0.1, 0.15) is 30.1 Å². The lowest BCUT2D eigenvalue weighted by atomic mass is 10.2. The first kappa shape index (κ1) is 15.0. The highest BCUT2D eigenvalue weighted by atomic mass is 35.5. The summed E-state index contributed by atoms with van der Waals surface area (Å²) in [5.41, 5.74) is 0.172. The zero-order chi connectivity index (χ0) is 14.7. The molecule has 2 rings (SSSR count). The third-order valence-electron chi connectivity index (χ3n) is 3.01. The van der Waals surface area contributed by atoms with E-state index in [0.29, 0.717) is 13.0 Å². The van der Waals surface area contributed by atoms with Gasteiger partial charge < -0.3 is 10.2 Å². The quantitative estimate of drug-likeness (QED) is 0.914. The van der Waals surface area contributed by atoms with Crippen LogP contribution >= 0.6 is 23.2 Å². The average molecular weight is 317 g/mol. The van der Waals surface area contributed by atoms with Crippen molar-refractivity contribution in [3.63, 3.8) is 0 Å². The summed E-state index contributed by atoms with van der Waals surface area (Å²) in [7, 11) is 0. The summed E-state index contributed by atoms with van der Waals surface area (Å²) in [4.78, 5) is 25.3. The minimum atomic E-state index is -0.383. The van der Waals surface area contributed by atoms with Crippen LogP contribution in [-0.4, -0.2) is 46.0 Å². The van der Waals surface area contributed by atoms with Crippen molar-refractivity contribution in [3.05, 3.63) is 21.9 Å². The maximum Gasteiger partial charge on any atom is 0.254 e. The van der Waals surface area contributed by atoms with E-state index >= 15 is 0 Å². The molecule has 1 atom stereocenters. The molecule has 8 heteroatoms. The fourth-order valence-corrected chi connectivity index (χ4v) is 2.41. The minimum absolute atomic E-state index is 0.00338. The number of hydrogen-bond acceptors (Lipinski definition) is 4. The molecule has 20 heavy (non-hydrogen) atoms. The summed E-state index contributed by atoms with van der Waals surface area (Å²) in [6.45, 7) is 3.05. The van der Waals surface area contributed by atoms with Crippen LogP contribution < -0.4 is 5.32 Å². The predicted molar refractivity (Wildman–Crippen MR) is 74.8 cm³/mol. The molecule has 108 valence electrons. The normalized spacial score (nSPS) is 16.4. The van der Waals surface area contributed by atoms with E-state index in [2.05, 4.69) is 15.5 Å². The maximum absolute atomic E-state index is 12.1. The largest absolute Gasteiger partial charge is 0.348 e. The van der Waals surface area contributed by atoms with Crippen molar-refractivity contribution in [3.8, 4) is 0 Å². The molecule has 1 aromatic heterocycles. The Kier molecular flexibility index (Phi) is 4.77. The maximum atomic E-state index is 12.1. The smallest absolute Gasteiger partial charge is 0.254 e. The first-order valence-corrected chi connectivity index (χ1v) is 7.00. The van der Waals surface area contributed by atoms with E-state index in [4.69, 9.17) is 23.2 Å². The van der Waals surface area contributed by atoms with Gasteiger partial charge in [0.2, 0.25) is 5.91 Å². The Bertz CT molecular complexity index is 538. The van der Waals surface area contributed by atoms with Crippen LogP contribution in [0.2, 0.25) is 10.3 Å². The molecule has 2 amide bonds. The van der Waals surface area contributed by atoms with Gasteiger partial charge in [-0.25, -0.2) is 0 Å². The van der Waals surface area contributed by atoms with Gasteiger partial charge in [-0.15, -0.1) is 10.2 Å². The van der Waals surface area contributed by atoms with Crippen molar-refractivity contribution in [2.75, 3.05) is 13.1 Å². The standard InChI is InChI=1S/C12H14Cl2N4O2/c1-7(6-18-4-2-3-10(18)19)15-12(20)8-5-9(13)16-17-11(8)14/h5,7H,2-4,6H2,1H3,(H,15,20). The Labute approximate surface area is 126 Å². The summed E-state index contributed by atoms with van der Waals surface area (Å²) in [5, 5.41) is 9.99.